The van der Waals surface area contributed by atoms with Gasteiger partial charge in [-0.3, -0.25) is 0 Å². The first kappa shape index (κ1) is 10.8. The quantitative estimate of drug-likeness (QED) is 0.848. The Balaban J connectivity index is 1.98. The number of hydrogen-bond donors (Lipinski definition) is 1. The molecule has 0 aliphatic carbocycles. The van der Waals surface area contributed by atoms with Gasteiger partial charge in [0.1, 0.15) is 15.7 Å². The summed E-state index contributed by atoms with van der Waals surface area (Å²) >= 11 is 4.61. The number of nitrogens with one attached hydrogen (secondary N) is 1. The lowest BCUT2D eigenvalue weighted by molar-refractivity contribution is 0.982. The zero-order valence-corrected chi connectivity index (χ0v) is 10.7. The number of nitrogens with zero attached hydrogens (tertiary/aromatic N) is 4. The second-order valence-electron chi connectivity index (χ2n) is 2.67. The first-order chi connectivity index (χ1) is 7.29. The molecule has 80 valence electrons. The van der Waals surface area contributed by atoms with Crippen LogP contribution < -0.4 is 5.32 Å². The Labute approximate surface area is 99.5 Å². The molecule has 0 aliphatic rings. The molecule has 0 fully saturated rings. The van der Waals surface area contributed by atoms with E-state index in [1.807, 2.05) is 14.0 Å². The van der Waals surface area contributed by atoms with Crippen LogP contribution >= 0.6 is 34.6 Å². The number of rotatable bonds is 4. The monoisotopic (exact) mass is 259 g/mol. The van der Waals surface area contributed by atoms with Crippen molar-refractivity contribution in [2.24, 2.45) is 0 Å². The van der Waals surface area contributed by atoms with Crippen molar-refractivity contribution in [3.8, 4) is 0 Å². The molecule has 0 saturated carbocycles. The van der Waals surface area contributed by atoms with Crippen molar-refractivity contribution in [1.82, 2.24) is 19.8 Å². The van der Waals surface area contributed by atoms with Gasteiger partial charge in [-0.2, -0.15) is 0 Å². The Kier molecular flexibility index (Phi) is 3.49. The van der Waals surface area contributed by atoms with Crippen LogP contribution in [0.3, 0.4) is 0 Å². The van der Waals surface area contributed by atoms with E-state index in [4.69, 9.17) is 0 Å². The number of aromatic nitrogens is 4. The number of thioether (sulfide) groups is 1. The van der Waals surface area contributed by atoms with Crippen molar-refractivity contribution in [1.29, 1.82) is 0 Å². The summed E-state index contributed by atoms with van der Waals surface area (Å²) in [4.78, 5) is 0. The molecule has 0 saturated heterocycles. The van der Waals surface area contributed by atoms with Gasteiger partial charge in [0.25, 0.3) is 0 Å². The average Bonchev–Trinajstić information content (AvgIpc) is 2.83. The summed E-state index contributed by atoms with van der Waals surface area (Å²) in [5.74, 6) is 0.779. The standard InChI is InChI=1S/C7H9N5S3/c1-4-9-11-7(14-4)13-3-5-6(8-2)15-12-10-5/h8H,3H2,1-2H3. The highest BCUT2D eigenvalue weighted by Crippen LogP contribution is 2.28. The highest BCUT2D eigenvalue weighted by Gasteiger charge is 2.08. The molecule has 2 aromatic heterocycles. The van der Waals surface area contributed by atoms with Gasteiger partial charge >= 0.3 is 0 Å². The summed E-state index contributed by atoms with van der Waals surface area (Å²) in [6.45, 7) is 1.95. The van der Waals surface area contributed by atoms with Gasteiger partial charge in [-0.15, -0.1) is 15.3 Å². The molecule has 0 amide bonds. The van der Waals surface area contributed by atoms with Gasteiger partial charge in [0.2, 0.25) is 0 Å². The second kappa shape index (κ2) is 4.86. The third-order valence-corrected chi connectivity index (χ3v) is 4.39. The van der Waals surface area contributed by atoms with Crippen LogP contribution in [0.4, 0.5) is 5.00 Å². The van der Waals surface area contributed by atoms with Gasteiger partial charge in [-0.05, 0) is 6.92 Å². The molecule has 1 N–H and O–H groups in total. The summed E-state index contributed by atoms with van der Waals surface area (Å²) < 4.78 is 4.87. The molecule has 8 heteroatoms. The van der Waals surface area contributed by atoms with Crippen molar-refractivity contribution in [3.63, 3.8) is 0 Å². The minimum Gasteiger partial charge on any atom is -0.377 e. The van der Waals surface area contributed by atoms with Crippen molar-refractivity contribution in [2.45, 2.75) is 17.0 Å². The lowest BCUT2D eigenvalue weighted by Crippen LogP contribution is -1.90. The molecule has 0 bridgehead atoms. The van der Waals surface area contributed by atoms with Crippen LogP contribution in [0, 0.1) is 6.92 Å². The Bertz CT molecular complexity index is 437. The maximum absolute atomic E-state index is 4.05. The Morgan fingerprint density at radius 1 is 1.33 bits per heavy atom. The molecule has 0 unspecified atom stereocenters. The first-order valence-corrected chi connectivity index (χ1v) is 6.79. The van der Waals surface area contributed by atoms with E-state index in [1.165, 1.54) is 11.5 Å². The predicted octanol–water partition coefficient (Wildman–Crippen LogP) is 2.03. The van der Waals surface area contributed by atoms with Gasteiger partial charge in [-0.1, -0.05) is 27.6 Å². The highest BCUT2D eigenvalue weighted by molar-refractivity contribution is 8.00. The molecule has 2 heterocycles. The third kappa shape index (κ3) is 2.64. The van der Waals surface area contributed by atoms with E-state index in [-0.39, 0.29) is 0 Å². The van der Waals surface area contributed by atoms with Crippen LogP contribution in [0.15, 0.2) is 4.34 Å². The van der Waals surface area contributed by atoms with E-state index in [9.17, 15) is 0 Å². The molecule has 5 nitrogen and oxygen atoms in total. The van der Waals surface area contributed by atoms with Crippen LogP contribution in [0.1, 0.15) is 10.7 Å². The van der Waals surface area contributed by atoms with Crippen molar-refractivity contribution in [3.05, 3.63) is 10.7 Å². The summed E-state index contributed by atoms with van der Waals surface area (Å²) in [6, 6.07) is 0. The lowest BCUT2D eigenvalue weighted by Gasteiger charge is -1.96. The minimum atomic E-state index is 0.779. The van der Waals surface area contributed by atoms with Crippen LogP contribution in [0.25, 0.3) is 0 Å². The van der Waals surface area contributed by atoms with Gasteiger partial charge in [0.15, 0.2) is 4.34 Å². The molecule has 2 rings (SSSR count). The maximum Gasteiger partial charge on any atom is 0.174 e. The molecule has 0 radical (unpaired) electrons. The second-order valence-corrected chi connectivity index (χ2v) is 5.83. The van der Waals surface area contributed by atoms with E-state index in [0.29, 0.717) is 0 Å². The molecule has 0 aliphatic heterocycles. The van der Waals surface area contributed by atoms with Crippen molar-refractivity contribution in [2.75, 3.05) is 12.4 Å². The van der Waals surface area contributed by atoms with E-state index in [1.54, 1.807) is 23.1 Å². The lowest BCUT2D eigenvalue weighted by atomic mass is 10.5. The Hall–Kier alpha value is -0.730. The predicted molar refractivity (Wildman–Crippen MR) is 63.7 cm³/mol. The minimum absolute atomic E-state index is 0.779. The van der Waals surface area contributed by atoms with Gasteiger partial charge in [0.05, 0.1) is 0 Å². The zero-order chi connectivity index (χ0) is 10.7. The normalized spacial score (nSPS) is 10.5. The van der Waals surface area contributed by atoms with Gasteiger partial charge in [0, 0.05) is 24.3 Å². The molecule has 2 aromatic rings. The Morgan fingerprint density at radius 3 is 2.87 bits per heavy atom. The molecule has 15 heavy (non-hydrogen) atoms. The topological polar surface area (TPSA) is 63.6 Å². The summed E-state index contributed by atoms with van der Waals surface area (Å²) in [5, 5.41) is 17.1. The summed E-state index contributed by atoms with van der Waals surface area (Å²) in [7, 11) is 1.87. The van der Waals surface area contributed by atoms with Gasteiger partial charge < -0.3 is 5.32 Å². The van der Waals surface area contributed by atoms with E-state index >= 15 is 0 Å². The SMILES string of the molecule is CNc1snnc1CSc1nnc(C)s1. The van der Waals surface area contributed by atoms with Crippen LogP contribution in [0.5, 0.6) is 0 Å². The highest BCUT2D eigenvalue weighted by atomic mass is 32.2. The first-order valence-electron chi connectivity index (χ1n) is 4.21. The molecular weight excluding hydrogens is 250 g/mol. The van der Waals surface area contributed by atoms with E-state index in [0.717, 1.165) is 25.8 Å². The number of aryl methyl sites for hydroxylation is 1. The van der Waals surface area contributed by atoms with Crippen LogP contribution in [-0.2, 0) is 5.75 Å². The average molecular weight is 259 g/mol. The van der Waals surface area contributed by atoms with Crippen molar-refractivity contribution >= 4 is 39.6 Å². The number of anilines is 1. The zero-order valence-electron chi connectivity index (χ0n) is 8.22. The fourth-order valence-corrected chi connectivity index (χ4v) is 3.33. The van der Waals surface area contributed by atoms with Crippen LogP contribution in [0.2, 0.25) is 0 Å². The summed E-state index contributed by atoms with van der Waals surface area (Å²) in [6.07, 6.45) is 0. The van der Waals surface area contributed by atoms with Crippen LogP contribution in [-0.4, -0.2) is 26.8 Å². The largest absolute Gasteiger partial charge is 0.377 e. The van der Waals surface area contributed by atoms with E-state index < -0.39 is 0 Å². The van der Waals surface area contributed by atoms with E-state index in [2.05, 4.69) is 25.1 Å². The molecular formula is C7H9N5S3. The van der Waals surface area contributed by atoms with Gasteiger partial charge in [-0.25, -0.2) is 0 Å². The smallest absolute Gasteiger partial charge is 0.174 e. The molecule has 0 aromatic carbocycles. The Morgan fingerprint density at radius 2 is 2.20 bits per heavy atom. The maximum atomic E-state index is 4.05. The number of hydrogen-bond acceptors (Lipinski definition) is 8. The molecule has 0 spiro atoms. The fraction of sp³-hybridized carbons (Fsp3) is 0.429. The third-order valence-electron chi connectivity index (χ3n) is 1.62. The summed E-state index contributed by atoms with van der Waals surface area (Å²) in [5.41, 5.74) is 0.973. The molecule has 0 atom stereocenters. The fourth-order valence-electron chi connectivity index (χ4n) is 0.960. The van der Waals surface area contributed by atoms with Crippen molar-refractivity contribution < 1.29 is 0 Å².